The van der Waals surface area contributed by atoms with Gasteiger partial charge in [-0.25, -0.2) is 4.98 Å². The van der Waals surface area contributed by atoms with Crippen molar-refractivity contribution < 1.29 is 13.9 Å². The number of nitrogens with zero attached hydrogens (tertiary/aromatic N) is 2. The fourth-order valence-corrected chi connectivity index (χ4v) is 2.73. The van der Waals surface area contributed by atoms with Gasteiger partial charge < -0.3 is 14.5 Å². The molecule has 2 aromatic carbocycles. The molecule has 0 radical (unpaired) electrons. The number of ether oxygens (including phenoxy) is 1. The number of benzene rings is 2. The second-order valence-corrected chi connectivity index (χ2v) is 5.96. The van der Waals surface area contributed by atoms with E-state index in [2.05, 4.69) is 15.3 Å². The van der Waals surface area contributed by atoms with Crippen LogP contribution in [0.2, 0.25) is 0 Å². The molecule has 2 heterocycles. The van der Waals surface area contributed by atoms with Gasteiger partial charge in [-0.3, -0.25) is 9.78 Å². The monoisotopic (exact) mass is 359 g/mol. The maximum Gasteiger partial charge on any atom is 0.269 e. The van der Waals surface area contributed by atoms with Gasteiger partial charge in [0, 0.05) is 31.8 Å². The molecular formula is C21H17N3O3. The molecule has 0 bridgehead atoms. The first-order chi connectivity index (χ1) is 13.2. The van der Waals surface area contributed by atoms with Gasteiger partial charge in [-0.15, -0.1) is 0 Å². The molecule has 4 rings (SSSR count). The zero-order chi connectivity index (χ0) is 18.6. The summed E-state index contributed by atoms with van der Waals surface area (Å²) in [4.78, 5) is 20.2. The summed E-state index contributed by atoms with van der Waals surface area (Å²) < 4.78 is 11.7. The van der Waals surface area contributed by atoms with Crippen LogP contribution in [-0.4, -0.2) is 22.9 Å². The Morgan fingerprint density at radius 3 is 2.70 bits per heavy atom. The first-order valence-electron chi connectivity index (χ1n) is 8.50. The van der Waals surface area contributed by atoms with E-state index in [0.717, 1.165) is 11.1 Å². The van der Waals surface area contributed by atoms with Crippen LogP contribution in [0.3, 0.4) is 0 Å². The van der Waals surface area contributed by atoms with Gasteiger partial charge >= 0.3 is 0 Å². The van der Waals surface area contributed by atoms with Crippen LogP contribution in [0.4, 0.5) is 0 Å². The minimum absolute atomic E-state index is 0.267. The molecule has 0 unspecified atom stereocenters. The highest BCUT2D eigenvalue weighted by Crippen LogP contribution is 2.27. The molecule has 0 aliphatic rings. The van der Waals surface area contributed by atoms with Gasteiger partial charge in [0.05, 0.1) is 0 Å². The van der Waals surface area contributed by atoms with Crippen molar-refractivity contribution in [3.8, 4) is 11.5 Å². The van der Waals surface area contributed by atoms with E-state index in [0.29, 0.717) is 35.1 Å². The minimum Gasteiger partial charge on any atom is -0.457 e. The van der Waals surface area contributed by atoms with E-state index in [-0.39, 0.29) is 5.91 Å². The van der Waals surface area contributed by atoms with E-state index in [1.54, 1.807) is 25.2 Å². The van der Waals surface area contributed by atoms with Crippen LogP contribution in [0.5, 0.6) is 11.5 Å². The molecule has 1 N–H and O–H groups in total. The summed E-state index contributed by atoms with van der Waals surface area (Å²) in [5, 5.41) is 2.54. The molecular weight excluding hydrogens is 342 g/mol. The molecule has 0 aliphatic heterocycles. The SMILES string of the molecule is CNC(=O)c1cc(Oc2ccc3nc(Cc4ccccc4)oc3c2)ccn1. The zero-order valence-corrected chi connectivity index (χ0v) is 14.7. The van der Waals surface area contributed by atoms with Gasteiger partial charge in [-0.1, -0.05) is 30.3 Å². The van der Waals surface area contributed by atoms with Crippen LogP contribution in [0, 0.1) is 0 Å². The van der Waals surface area contributed by atoms with Crippen molar-refractivity contribution in [1.82, 2.24) is 15.3 Å². The average molecular weight is 359 g/mol. The summed E-state index contributed by atoms with van der Waals surface area (Å²) in [6.45, 7) is 0. The molecule has 134 valence electrons. The lowest BCUT2D eigenvalue weighted by Crippen LogP contribution is -2.18. The van der Waals surface area contributed by atoms with Crippen LogP contribution in [0.1, 0.15) is 21.9 Å². The van der Waals surface area contributed by atoms with E-state index in [1.165, 1.54) is 6.20 Å². The standard InChI is InChI=1S/C21H17N3O3/c1-22-21(25)18-12-16(9-10-23-18)26-15-7-8-17-19(13-15)27-20(24-17)11-14-5-3-2-4-6-14/h2-10,12-13H,11H2,1H3,(H,22,25). The number of rotatable bonds is 5. The second kappa shape index (κ2) is 7.29. The number of pyridine rings is 1. The Kier molecular flexibility index (Phi) is 4.53. The van der Waals surface area contributed by atoms with Crippen molar-refractivity contribution in [2.24, 2.45) is 0 Å². The molecule has 2 aromatic heterocycles. The lowest BCUT2D eigenvalue weighted by Gasteiger charge is -2.06. The van der Waals surface area contributed by atoms with Crippen LogP contribution in [0.15, 0.2) is 71.3 Å². The van der Waals surface area contributed by atoms with Crippen molar-refractivity contribution in [3.05, 3.63) is 84.0 Å². The summed E-state index contributed by atoms with van der Waals surface area (Å²) in [6, 6.07) is 18.8. The Morgan fingerprint density at radius 2 is 1.89 bits per heavy atom. The number of fused-ring (bicyclic) bond motifs is 1. The third-order valence-electron chi connectivity index (χ3n) is 4.03. The lowest BCUT2D eigenvalue weighted by atomic mass is 10.1. The van der Waals surface area contributed by atoms with Crippen molar-refractivity contribution in [1.29, 1.82) is 0 Å². The Labute approximate surface area is 155 Å². The highest BCUT2D eigenvalue weighted by molar-refractivity contribution is 5.92. The number of hydrogen-bond donors (Lipinski definition) is 1. The van der Waals surface area contributed by atoms with Gasteiger partial charge in [0.1, 0.15) is 22.7 Å². The van der Waals surface area contributed by atoms with E-state index in [1.807, 2.05) is 42.5 Å². The molecule has 27 heavy (non-hydrogen) atoms. The average Bonchev–Trinajstić information content (AvgIpc) is 3.10. The normalized spacial score (nSPS) is 10.7. The fourth-order valence-electron chi connectivity index (χ4n) is 2.73. The third kappa shape index (κ3) is 3.79. The van der Waals surface area contributed by atoms with E-state index in [4.69, 9.17) is 9.15 Å². The van der Waals surface area contributed by atoms with Gasteiger partial charge in [-0.2, -0.15) is 0 Å². The molecule has 4 aromatic rings. The van der Waals surface area contributed by atoms with E-state index < -0.39 is 0 Å². The molecule has 0 saturated carbocycles. The van der Waals surface area contributed by atoms with Crippen LogP contribution >= 0.6 is 0 Å². The van der Waals surface area contributed by atoms with Crippen molar-refractivity contribution in [3.63, 3.8) is 0 Å². The summed E-state index contributed by atoms with van der Waals surface area (Å²) in [5.74, 6) is 1.50. The minimum atomic E-state index is -0.267. The lowest BCUT2D eigenvalue weighted by molar-refractivity contribution is 0.0958. The molecule has 0 atom stereocenters. The van der Waals surface area contributed by atoms with Crippen LogP contribution in [-0.2, 0) is 6.42 Å². The zero-order valence-electron chi connectivity index (χ0n) is 14.7. The summed E-state index contributed by atoms with van der Waals surface area (Å²) in [7, 11) is 1.56. The van der Waals surface area contributed by atoms with Gasteiger partial charge in [0.2, 0.25) is 0 Å². The molecule has 6 nitrogen and oxygen atoms in total. The van der Waals surface area contributed by atoms with Crippen LogP contribution in [0.25, 0.3) is 11.1 Å². The predicted octanol–water partition coefficient (Wildman–Crippen LogP) is 3.97. The highest BCUT2D eigenvalue weighted by Gasteiger charge is 2.10. The predicted molar refractivity (Wildman–Crippen MR) is 101 cm³/mol. The smallest absolute Gasteiger partial charge is 0.269 e. The Hall–Kier alpha value is -3.67. The Balaban J connectivity index is 1.56. The highest BCUT2D eigenvalue weighted by atomic mass is 16.5. The van der Waals surface area contributed by atoms with E-state index >= 15 is 0 Å². The summed E-state index contributed by atoms with van der Waals surface area (Å²) in [5.41, 5.74) is 2.85. The quantitative estimate of drug-likeness (QED) is 0.583. The molecule has 1 amide bonds. The Morgan fingerprint density at radius 1 is 1.07 bits per heavy atom. The molecule has 0 saturated heterocycles. The second-order valence-electron chi connectivity index (χ2n) is 5.96. The summed E-state index contributed by atoms with van der Waals surface area (Å²) >= 11 is 0. The van der Waals surface area contributed by atoms with Gasteiger partial charge in [0.15, 0.2) is 11.5 Å². The fraction of sp³-hybridized carbons (Fsp3) is 0.0952. The number of nitrogens with one attached hydrogen (secondary N) is 1. The van der Waals surface area contributed by atoms with Gasteiger partial charge in [0.25, 0.3) is 5.91 Å². The number of hydrogen-bond acceptors (Lipinski definition) is 5. The molecule has 0 fully saturated rings. The molecule has 0 aliphatic carbocycles. The van der Waals surface area contributed by atoms with E-state index in [9.17, 15) is 4.79 Å². The third-order valence-corrected chi connectivity index (χ3v) is 4.03. The maximum absolute atomic E-state index is 11.7. The van der Waals surface area contributed by atoms with Crippen LogP contribution < -0.4 is 10.1 Å². The number of oxazole rings is 1. The maximum atomic E-state index is 11.7. The largest absolute Gasteiger partial charge is 0.457 e. The Bertz CT molecular complexity index is 1090. The number of carbonyl (C=O) groups excluding carboxylic acids is 1. The number of aromatic nitrogens is 2. The number of amides is 1. The topological polar surface area (TPSA) is 77.2 Å². The molecule has 6 heteroatoms. The van der Waals surface area contributed by atoms with Crippen molar-refractivity contribution >= 4 is 17.0 Å². The van der Waals surface area contributed by atoms with Gasteiger partial charge in [-0.05, 0) is 23.8 Å². The summed E-state index contributed by atoms with van der Waals surface area (Å²) in [6.07, 6.45) is 2.16. The first kappa shape index (κ1) is 16.8. The van der Waals surface area contributed by atoms with Crippen molar-refractivity contribution in [2.45, 2.75) is 6.42 Å². The first-order valence-corrected chi connectivity index (χ1v) is 8.50. The molecule has 0 spiro atoms. The van der Waals surface area contributed by atoms with Crippen molar-refractivity contribution in [2.75, 3.05) is 7.05 Å². The number of carbonyl (C=O) groups is 1.